The minimum absolute atomic E-state index is 0.105. The molecule has 3 nitrogen and oxygen atoms in total. The molecule has 0 spiro atoms. The molecule has 0 aliphatic rings. The maximum Gasteiger partial charge on any atom is 0.387 e. The van der Waals surface area contributed by atoms with Crippen molar-refractivity contribution in [2.75, 3.05) is 5.32 Å². The summed E-state index contributed by atoms with van der Waals surface area (Å²) in [7, 11) is 0. The van der Waals surface area contributed by atoms with Gasteiger partial charge in [0.25, 0.3) is 0 Å². The van der Waals surface area contributed by atoms with Crippen LogP contribution in [0.4, 0.5) is 14.5 Å². The standard InChI is InChI=1S/C11H11BrClF2NO2/c1-5(2)10(17)16-8-4-6(13)3-7(12)9(8)18-11(14)15/h3-5,11H,1-2H3,(H,16,17). The molecule has 100 valence electrons. The average molecular weight is 343 g/mol. The number of carbonyl (C=O) groups is 1. The molecule has 1 N–H and O–H groups in total. The third-order valence-corrected chi connectivity index (χ3v) is 2.80. The van der Waals surface area contributed by atoms with E-state index in [2.05, 4.69) is 26.0 Å². The number of halogens is 4. The van der Waals surface area contributed by atoms with Gasteiger partial charge in [0.05, 0.1) is 10.2 Å². The van der Waals surface area contributed by atoms with Crippen LogP contribution in [-0.4, -0.2) is 12.5 Å². The second kappa shape index (κ2) is 6.33. The van der Waals surface area contributed by atoms with Gasteiger partial charge in [-0.1, -0.05) is 25.4 Å². The van der Waals surface area contributed by atoms with E-state index in [9.17, 15) is 13.6 Å². The van der Waals surface area contributed by atoms with Crippen LogP contribution in [0.1, 0.15) is 13.8 Å². The summed E-state index contributed by atoms with van der Waals surface area (Å²) in [6.45, 7) is 0.377. The summed E-state index contributed by atoms with van der Waals surface area (Å²) in [5.74, 6) is -0.756. The summed E-state index contributed by atoms with van der Waals surface area (Å²) in [6, 6.07) is 2.76. The van der Waals surface area contributed by atoms with Gasteiger partial charge in [-0.05, 0) is 28.1 Å². The first-order chi connectivity index (χ1) is 8.31. The SMILES string of the molecule is CC(C)C(=O)Nc1cc(Cl)cc(Br)c1OC(F)F. The van der Waals surface area contributed by atoms with E-state index in [1.807, 2.05) is 0 Å². The van der Waals surface area contributed by atoms with Crippen LogP contribution in [0.15, 0.2) is 16.6 Å². The highest BCUT2D eigenvalue weighted by molar-refractivity contribution is 9.10. The van der Waals surface area contributed by atoms with Gasteiger partial charge in [-0.25, -0.2) is 0 Å². The Kier molecular flexibility index (Phi) is 5.34. The number of alkyl halides is 2. The summed E-state index contributed by atoms with van der Waals surface area (Å²) in [4.78, 5) is 11.6. The number of anilines is 1. The van der Waals surface area contributed by atoms with E-state index < -0.39 is 6.61 Å². The van der Waals surface area contributed by atoms with Crippen LogP contribution in [-0.2, 0) is 4.79 Å². The van der Waals surface area contributed by atoms with Crippen molar-refractivity contribution < 1.29 is 18.3 Å². The first-order valence-electron chi connectivity index (χ1n) is 5.06. The number of nitrogens with one attached hydrogen (secondary N) is 1. The second-order valence-electron chi connectivity index (χ2n) is 3.79. The molecule has 0 heterocycles. The van der Waals surface area contributed by atoms with Crippen molar-refractivity contribution in [2.45, 2.75) is 20.5 Å². The number of hydrogen-bond acceptors (Lipinski definition) is 2. The average Bonchev–Trinajstić information content (AvgIpc) is 2.22. The first-order valence-corrected chi connectivity index (χ1v) is 6.23. The second-order valence-corrected chi connectivity index (χ2v) is 5.08. The molecule has 0 aromatic heterocycles. The fourth-order valence-corrected chi connectivity index (χ4v) is 2.04. The molecule has 0 aliphatic heterocycles. The predicted octanol–water partition coefficient (Wildman–Crippen LogP) is 4.30. The molecule has 0 atom stereocenters. The minimum atomic E-state index is -2.99. The maximum atomic E-state index is 12.3. The lowest BCUT2D eigenvalue weighted by Crippen LogP contribution is -2.19. The summed E-state index contributed by atoms with van der Waals surface area (Å²) in [5.41, 5.74) is 0.105. The number of hydrogen-bond donors (Lipinski definition) is 1. The van der Waals surface area contributed by atoms with E-state index in [-0.39, 0.29) is 27.7 Å². The van der Waals surface area contributed by atoms with Crippen molar-refractivity contribution in [1.29, 1.82) is 0 Å². The number of rotatable bonds is 4. The van der Waals surface area contributed by atoms with Crippen LogP contribution >= 0.6 is 27.5 Å². The highest BCUT2D eigenvalue weighted by Crippen LogP contribution is 2.37. The molecular weight excluding hydrogens is 331 g/mol. The molecule has 0 aliphatic carbocycles. The molecular formula is C11H11BrClF2NO2. The van der Waals surface area contributed by atoms with Crippen LogP contribution in [0.5, 0.6) is 5.75 Å². The van der Waals surface area contributed by atoms with Gasteiger partial charge >= 0.3 is 6.61 Å². The normalized spacial score (nSPS) is 10.9. The molecule has 7 heteroatoms. The maximum absolute atomic E-state index is 12.3. The zero-order chi connectivity index (χ0) is 13.9. The lowest BCUT2D eigenvalue weighted by atomic mass is 10.2. The van der Waals surface area contributed by atoms with Gasteiger partial charge in [0, 0.05) is 10.9 Å². The molecule has 1 aromatic rings. The van der Waals surface area contributed by atoms with E-state index in [0.717, 1.165) is 0 Å². The molecule has 0 saturated heterocycles. The van der Waals surface area contributed by atoms with E-state index in [4.69, 9.17) is 11.6 Å². The van der Waals surface area contributed by atoms with Crippen LogP contribution in [0.3, 0.4) is 0 Å². The Bertz CT molecular complexity index is 455. The summed E-state index contributed by atoms with van der Waals surface area (Å²) < 4.78 is 29.2. The van der Waals surface area contributed by atoms with Crippen molar-refractivity contribution in [2.24, 2.45) is 5.92 Å². The van der Waals surface area contributed by atoms with Gasteiger partial charge in [-0.3, -0.25) is 4.79 Å². The Morgan fingerprint density at radius 2 is 2.06 bits per heavy atom. The zero-order valence-corrected chi connectivity index (χ0v) is 12.0. The van der Waals surface area contributed by atoms with E-state index in [1.165, 1.54) is 12.1 Å². The summed E-state index contributed by atoms with van der Waals surface area (Å²) in [6.07, 6.45) is 0. The molecule has 0 unspecified atom stereocenters. The third-order valence-electron chi connectivity index (χ3n) is 2.00. The lowest BCUT2D eigenvalue weighted by Gasteiger charge is -2.15. The molecule has 18 heavy (non-hydrogen) atoms. The highest BCUT2D eigenvalue weighted by atomic mass is 79.9. The number of carbonyl (C=O) groups excluding carboxylic acids is 1. The van der Waals surface area contributed by atoms with E-state index in [0.29, 0.717) is 5.02 Å². The van der Waals surface area contributed by atoms with Crippen molar-refractivity contribution in [1.82, 2.24) is 0 Å². The molecule has 1 amide bonds. The van der Waals surface area contributed by atoms with Crippen molar-refractivity contribution in [3.63, 3.8) is 0 Å². The topological polar surface area (TPSA) is 38.3 Å². The predicted molar refractivity (Wildman–Crippen MR) is 69.3 cm³/mol. The van der Waals surface area contributed by atoms with Crippen LogP contribution in [0, 0.1) is 5.92 Å². The van der Waals surface area contributed by atoms with Crippen LogP contribution < -0.4 is 10.1 Å². The largest absolute Gasteiger partial charge is 0.431 e. The molecule has 1 aromatic carbocycles. The summed E-state index contributed by atoms with van der Waals surface area (Å²) in [5, 5.41) is 2.78. The zero-order valence-electron chi connectivity index (χ0n) is 9.64. The molecule has 1 rings (SSSR count). The Morgan fingerprint density at radius 3 is 2.56 bits per heavy atom. The first kappa shape index (κ1) is 15.2. The van der Waals surface area contributed by atoms with Crippen LogP contribution in [0.2, 0.25) is 5.02 Å². The third kappa shape index (κ3) is 4.10. The van der Waals surface area contributed by atoms with Crippen molar-refractivity contribution in [3.05, 3.63) is 21.6 Å². The van der Waals surface area contributed by atoms with Crippen molar-refractivity contribution >= 4 is 39.1 Å². The van der Waals surface area contributed by atoms with Gasteiger partial charge in [-0.2, -0.15) is 8.78 Å². The van der Waals surface area contributed by atoms with E-state index in [1.54, 1.807) is 13.8 Å². The fraction of sp³-hybridized carbons (Fsp3) is 0.364. The number of amides is 1. The highest BCUT2D eigenvalue weighted by Gasteiger charge is 2.17. The Labute approximate surface area is 117 Å². The smallest absolute Gasteiger partial charge is 0.387 e. The molecule has 0 radical (unpaired) electrons. The van der Waals surface area contributed by atoms with Gasteiger partial charge in [0.2, 0.25) is 5.91 Å². The number of ether oxygens (including phenoxy) is 1. The minimum Gasteiger partial charge on any atom is -0.431 e. The Balaban J connectivity index is 3.11. The van der Waals surface area contributed by atoms with Gasteiger partial charge in [0.15, 0.2) is 5.75 Å². The van der Waals surface area contributed by atoms with Gasteiger partial charge < -0.3 is 10.1 Å². The van der Waals surface area contributed by atoms with Gasteiger partial charge in [0.1, 0.15) is 0 Å². The molecule has 0 saturated carbocycles. The molecule has 0 fully saturated rings. The van der Waals surface area contributed by atoms with E-state index >= 15 is 0 Å². The molecule has 0 bridgehead atoms. The van der Waals surface area contributed by atoms with Crippen molar-refractivity contribution in [3.8, 4) is 5.75 Å². The Morgan fingerprint density at radius 1 is 1.44 bits per heavy atom. The summed E-state index contributed by atoms with van der Waals surface area (Å²) >= 11 is 8.86. The lowest BCUT2D eigenvalue weighted by molar-refractivity contribution is -0.119. The monoisotopic (exact) mass is 341 g/mol. The fourth-order valence-electron chi connectivity index (χ4n) is 1.14. The Hall–Kier alpha value is -0.880. The number of benzene rings is 1. The van der Waals surface area contributed by atoms with Gasteiger partial charge in [-0.15, -0.1) is 0 Å². The quantitative estimate of drug-likeness (QED) is 0.886. The van der Waals surface area contributed by atoms with Crippen LogP contribution in [0.25, 0.3) is 0 Å².